The van der Waals surface area contributed by atoms with Crippen molar-refractivity contribution in [3.8, 4) is 0 Å². The summed E-state index contributed by atoms with van der Waals surface area (Å²) in [4.78, 5) is 27.8. The fourth-order valence-corrected chi connectivity index (χ4v) is 6.56. The van der Waals surface area contributed by atoms with Crippen molar-refractivity contribution in [2.45, 2.75) is 103 Å². The van der Waals surface area contributed by atoms with Crippen LogP contribution in [-0.2, 0) is 4.79 Å². The summed E-state index contributed by atoms with van der Waals surface area (Å²) < 4.78 is 5.72. The number of piperidine rings is 1. The molecule has 2 bridgehead atoms. The van der Waals surface area contributed by atoms with Crippen molar-refractivity contribution in [2.24, 2.45) is 11.3 Å². The maximum Gasteiger partial charge on any atom is 0.198 e. The number of furan rings is 1. The fraction of sp³-hybridized carbons (Fsp3) is 0.655. The number of Topliss-reactive ketones (excluding diaryl/α,β-unsaturated/α-hetero) is 2. The molecule has 0 aliphatic carbocycles. The van der Waals surface area contributed by atoms with E-state index in [1.165, 1.54) is 32.1 Å². The van der Waals surface area contributed by atoms with Crippen LogP contribution in [0.4, 0.5) is 0 Å². The second-order valence-corrected chi connectivity index (χ2v) is 12.1. The van der Waals surface area contributed by atoms with Gasteiger partial charge in [-0.05, 0) is 55.6 Å². The fourth-order valence-electron chi connectivity index (χ4n) is 6.56. The Kier molecular flexibility index (Phi) is 6.69. The molecule has 1 aromatic heterocycles. The number of carbonyl (C=O) groups excluding carboxylic acids is 2. The van der Waals surface area contributed by atoms with Crippen LogP contribution in [0.2, 0.25) is 0 Å². The number of para-hydroxylation sites is 1. The predicted octanol–water partition coefficient (Wildman–Crippen LogP) is 5.76. The Morgan fingerprint density at radius 1 is 1.09 bits per heavy atom. The largest absolute Gasteiger partial charge is 0.453 e. The van der Waals surface area contributed by atoms with E-state index in [2.05, 4.69) is 31.0 Å². The molecule has 2 aromatic rings. The van der Waals surface area contributed by atoms with Gasteiger partial charge in [0.1, 0.15) is 11.4 Å². The molecular weight excluding hydrogens is 424 g/mol. The smallest absolute Gasteiger partial charge is 0.198 e. The average molecular weight is 465 g/mol. The van der Waals surface area contributed by atoms with E-state index in [1.807, 2.05) is 30.3 Å². The van der Waals surface area contributed by atoms with Crippen LogP contribution in [0.5, 0.6) is 0 Å². The first-order valence-corrected chi connectivity index (χ1v) is 13.3. The third kappa shape index (κ3) is 5.31. The van der Waals surface area contributed by atoms with Gasteiger partial charge < -0.3 is 9.73 Å². The Morgan fingerprint density at radius 3 is 2.50 bits per heavy atom. The third-order valence-electron chi connectivity index (χ3n) is 8.37. The molecule has 3 aliphatic heterocycles. The normalized spacial score (nSPS) is 29.0. The van der Waals surface area contributed by atoms with Crippen LogP contribution >= 0.6 is 0 Å². The SMILES string of the molecule is CC(C)(C)C1NC1CC(=O)CN1[C@@H]2CC[C@H]1CC(CCCCC(=O)c1cc3ccccc3o1)C2. The van der Waals surface area contributed by atoms with Crippen molar-refractivity contribution in [3.05, 3.63) is 36.1 Å². The Bertz CT molecular complexity index is 988. The standard InChI is InChI=1S/C29H40N2O3/c1-29(2,3)28-24(30-28)17-23(32)18-31-21-12-13-22(31)15-19(14-21)8-4-6-10-25(33)27-16-20-9-5-7-11-26(20)34-27/h5,7,9,11,16,19,21-22,24,28,30H,4,6,8,10,12-15,17-18H2,1-3H3/t19?,21-,22+,24?,28?. The van der Waals surface area contributed by atoms with Gasteiger partial charge in [0.15, 0.2) is 11.5 Å². The minimum atomic E-state index is 0.114. The first kappa shape index (κ1) is 23.7. The predicted molar refractivity (Wildman–Crippen MR) is 135 cm³/mol. The number of nitrogens with one attached hydrogen (secondary N) is 1. The van der Waals surface area contributed by atoms with E-state index in [1.54, 1.807) is 0 Å². The van der Waals surface area contributed by atoms with Gasteiger partial charge in [-0.3, -0.25) is 14.5 Å². The molecule has 4 heterocycles. The van der Waals surface area contributed by atoms with Gasteiger partial charge in [0.25, 0.3) is 0 Å². The number of rotatable bonds is 10. The number of benzene rings is 1. The molecule has 5 nitrogen and oxygen atoms in total. The lowest BCUT2D eigenvalue weighted by Crippen LogP contribution is -2.45. The van der Waals surface area contributed by atoms with Crippen LogP contribution in [0, 0.1) is 11.3 Å². The van der Waals surface area contributed by atoms with E-state index in [4.69, 9.17) is 4.42 Å². The molecule has 5 rings (SSSR count). The molecule has 34 heavy (non-hydrogen) atoms. The van der Waals surface area contributed by atoms with Crippen LogP contribution in [0.25, 0.3) is 11.0 Å². The highest BCUT2D eigenvalue weighted by atomic mass is 16.3. The van der Waals surface area contributed by atoms with Gasteiger partial charge in [-0.15, -0.1) is 0 Å². The van der Waals surface area contributed by atoms with Crippen LogP contribution in [0.3, 0.4) is 0 Å². The Morgan fingerprint density at radius 2 is 1.82 bits per heavy atom. The van der Waals surface area contributed by atoms with Crippen molar-refractivity contribution in [1.29, 1.82) is 0 Å². The lowest BCUT2D eigenvalue weighted by molar-refractivity contribution is -0.121. The molecule has 5 heteroatoms. The molecule has 0 radical (unpaired) electrons. The van der Waals surface area contributed by atoms with Crippen molar-refractivity contribution >= 4 is 22.5 Å². The summed E-state index contributed by atoms with van der Waals surface area (Å²) in [5, 5.41) is 4.50. The minimum Gasteiger partial charge on any atom is -0.453 e. The number of unbranched alkanes of at least 4 members (excludes halogenated alkanes) is 1. The van der Waals surface area contributed by atoms with E-state index >= 15 is 0 Å². The lowest BCUT2D eigenvalue weighted by Gasteiger charge is -2.38. The van der Waals surface area contributed by atoms with Gasteiger partial charge in [0.05, 0.1) is 6.54 Å². The first-order valence-electron chi connectivity index (χ1n) is 13.3. The summed E-state index contributed by atoms with van der Waals surface area (Å²) in [5.41, 5.74) is 1.02. The zero-order chi connectivity index (χ0) is 23.9. The van der Waals surface area contributed by atoms with Crippen LogP contribution in [0.1, 0.15) is 89.1 Å². The number of hydrogen-bond donors (Lipinski definition) is 1. The van der Waals surface area contributed by atoms with Gasteiger partial charge in [-0.25, -0.2) is 0 Å². The van der Waals surface area contributed by atoms with Gasteiger partial charge in [0, 0.05) is 42.4 Å². The molecule has 3 saturated heterocycles. The zero-order valence-corrected chi connectivity index (χ0v) is 21.0. The Balaban J connectivity index is 1.02. The molecule has 0 saturated carbocycles. The topological polar surface area (TPSA) is 72.5 Å². The van der Waals surface area contributed by atoms with Crippen LogP contribution in [-0.4, -0.2) is 47.2 Å². The number of ketones is 2. The first-order chi connectivity index (χ1) is 16.3. The summed E-state index contributed by atoms with van der Waals surface area (Å²) in [6, 6.07) is 11.7. The summed E-state index contributed by atoms with van der Waals surface area (Å²) in [5.74, 6) is 1.75. The molecular formula is C29H40N2O3. The molecule has 5 atom stereocenters. The Labute approximate surface area is 203 Å². The number of fused-ring (bicyclic) bond motifs is 3. The Hall–Kier alpha value is -1.98. The van der Waals surface area contributed by atoms with Crippen LogP contribution in [0.15, 0.2) is 34.7 Å². The average Bonchev–Trinajstić information content (AvgIpc) is 3.37. The monoisotopic (exact) mass is 464 g/mol. The highest BCUT2D eigenvalue weighted by molar-refractivity contribution is 5.97. The van der Waals surface area contributed by atoms with Gasteiger partial charge >= 0.3 is 0 Å². The van der Waals surface area contributed by atoms with Crippen molar-refractivity contribution in [3.63, 3.8) is 0 Å². The summed E-state index contributed by atoms with van der Waals surface area (Å²) in [6.45, 7) is 7.38. The molecule has 3 aliphatic rings. The van der Waals surface area contributed by atoms with Gasteiger partial charge in [0.2, 0.25) is 0 Å². The summed E-state index contributed by atoms with van der Waals surface area (Å²) in [6.07, 6.45) is 9.37. The molecule has 184 valence electrons. The minimum absolute atomic E-state index is 0.114. The second-order valence-electron chi connectivity index (χ2n) is 12.1. The number of carbonyl (C=O) groups is 2. The van der Waals surface area contributed by atoms with E-state index in [-0.39, 0.29) is 11.2 Å². The van der Waals surface area contributed by atoms with Crippen molar-refractivity contribution in [1.82, 2.24) is 10.2 Å². The van der Waals surface area contributed by atoms with Gasteiger partial charge in [-0.2, -0.15) is 0 Å². The maximum atomic E-state index is 12.8. The molecule has 1 aromatic carbocycles. The van der Waals surface area contributed by atoms with Crippen molar-refractivity contribution in [2.75, 3.05) is 6.54 Å². The maximum absolute atomic E-state index is 12.8. The second kappa shape index (κ2) is 9.58. The number of nitrogens with zero attached hydrogens (tertiary/aromatic N) is 1. The van der Waals surface area contributed by atoms with Gasteiger partial charge in [-0.1, -0.05) is 51.8 Å². The third-order valence-corrected chi connectivity index (χ3v) is 8.37. The lowest BCUT2D eigenvalue weighted by atomic mass is 9.86. The van der Waals surface area contributed by atoms with E-state index in [9.17, 15) is 9.59 Å². The summed E-state index contributed by atoms with van der Waals surface area (Å²) in [7, 11) is 0. The van der Waals surface area contributed by atoms with E-state index in [0.717, 1.165) is 29.7 Å². The van der Waals surface area contributed by atoms with Crippen molar-refractivity contribution < 1.29 is 14.0 Å². The number of hydrogen-bond acceptors (Lipinski definition) is 5. The molecule has 1 N–H and O–H groups in total. The molecule has 0 amide bonds. The zero-order valence-electron chi connectivity index (χ0n) is 21.0. The van der Waals surface area contributed by atoms with Crippen LogP contribution < -0.4 is 5.32 Å². The molecule has 3 fully saturated rings. The van der Waals surface area contributed by atoms with E-state index < -0.39 is 0 Å². The highest BCUT2D eigenvalue weighted by Gasteiger charge is 2.46. The highest BCUT2D eigenvalue weighted by Crippen LogP contribution is 2.41. The van der Waals surface area contributed by atoms with E-state index in [0.29, 0.717) is 55.1 Å². The molecule has 3 unspecified atom stereocenters. The quantitative estimate of drug-likeness (QED) is 0.275. The molecule has 0 spiro atoms. The summed E-state index contributed by atoms with van der Waals surface area (Å²) >= 11 is 0.